The number of halogens is 2. The Hall–Kier alpha value is -1.02. The zero-order valence-electron chi connectivity index (χ0n) is 11.1. The second-order valence-corrected chi connectivity index (χ2v) is 5.54. The summed E-state index contributed by atoms with van der Waals surface area (Å²) in [6.45, 7) is 4.99. The fourth-order valence-electron chi connectivity index (χ4n) is 2.06. The molecule has 0 aromatic heterocycles. The van der Waals surface area contributed by atoms with E-state index in [-0.39, 0.29) is 6.04 Å². The number of benzene rings is 2. The van der Waals surface area contributed by atoms with E-state index < -0.39 is 0 Å². The second-order valence-electron chi connectivity index (χ2n) is 4.69. The van der Waals surface area contributed by atoms with Gasteiger partial charge in [-0.1, -0.05) is 47.5 Å². The van der Waals surface area contributed by atoms with Gasteiger partial charge in [-0.25, -0.2) is 0 Å². The molecule has 0 amide bonds. The molecule has 0 fully saturated rings. The number of hydrogen-bond donors (Lipinski definition) is 1. The molecule has 3 heteroatoms. The Morgan fingerprint density at radius 2 is 1.84 bits per heavy atom. The van der Waals surface area contributed by atoms with Crippen molar-refractivity contribution in [2.24, 2.45) is 0 Å². The first-order chi connectivity index (χ1) is 9.08. The van der Waals surface area contributed by atoms with Gasteiger partial charge in [0.1, 0.15) is 0 Å². The van der Waals surface area contributed by atoms with Gasteiger partial charge in [0.25, 0.3) is 0 Å². The topological polar surface area (TPSA) is 12.0 Å². The summed E-state index contributed by atoms with van der Waals surface area (Å²) in [5.74, 6) is 0. The van der Waals surface area contributed by atoms with Crippen LogP contribution in [0.5, 0.6) is 0 Å². The van der Waals surface area contributed by atoms with Crippen molar-refractivity contribution in [3.63, 3.8) is 0 Å². The van der Waals surface area contributed by atoms with Gasteiger partial charge >= 0.3 is 0 Å². The molecule has 0 bridgehead atoms. The van der Waals surface area contributed by atoms with Crippen LogP contribution in [0.3, 0.4) is 0 Å². The molecule has 1 nitrogen and oxygen atoms in total. The van der Waals surface area contributed by atoms with Crippen LogP contribution in [-0.2, 0) is 6.54 Å². The third-order valence-corrected chi connectivity index (χ3v) is 3.85. The standard InChI is InChI=1S/C16H17Cl2N/c1-11-9-14(17)8-7-13(11)10-19-12(2)15-5-3-4-6-16(15)18/h3-9,12,19H,10H2,1-2H3/t12-/m0/s1. The lowest BCUT2D eigenvalue weighted by Crippen LogP contribution is -2.18. The molecule has 2 aromatic carbocycles. The van der Waals surface area contributed by atoms with Crippen LogP contribution in [0.2, 0.25) is 10.0 Å². The number of aryl methyl sites for hydroxylation is 1. The lowest BCUT2D eigenvalue weighted by molar-refractivity contribution is 0.573. The Kier molecular flexibility index (Phi) is 4.87. The summed E-state index contributed by atoms with van der Waals surface area (Å²) < 4.78 is 0. The van der Waals surface area contributed by atoms with Crippen LogP contribution in [0.4, 0.5) is 0 Å². The summed E-state index contributed by atoms with van der Waals surface area (Å²) in [6, 6.07) is 14.1. The fourth-order valence-corrected chi connectivity index (χ4v) is 2.58. The highest BCUT2D eigenvalue weighted by atomic mass is 35.5. The van der Waals surface area contributed by atoms with Gasteiger partial charge in [-0.2, -0.15) is 0 Å². The van der Waals surface area contributed by atoms with Crippen molar-refractivity contribution in [2.75, 3.05) is 0 Å². The molecule has 0 heterocycles. The van der Waals surface area contributed by atoms with Crippen molar-refractivity contribution in [1.29, 1.82) is 0 Å². The third-order valence-electron chi connectivity index (χ3n) is 3.28. The van der Waals surface area contributed by atoms with E-state index in [0.717, 1.165) is 22.2 Å². The molecule has 0 aliphatic rings. The van der Waals surface area contributed by atoms with Crippen molar-refractivity contribution in [2.45, 2.75) is 26.4 Å². The van der Waals surface area contributed by atoms with Crippen LogP contribution >= 0.6 is 23.2 Å². The van der Waals surface area contributed by atoms with Gasteiger partial charge in [0.15, 0.2) is 0 Å². The minimum absolute atomic E-state index is 0.212. The van der Waals surface area contributed by atoms with Crippen LogP contribution in [0.15, 0.2) is 42.5 Å². The maximum atomic E-state index is 6.20. The zero-order chi connectivity index (χ0) is 13.8. The van der Waals surface area contributed by atoms with E-state index in [4.69, 9.17) is 23.2 Å². The van der Waals surface area contributed by atoms with Gasteiger partial charge in [-0.15, -0.1) is 0 Å². The van der Waals surface area contributed by atoms with Crippen LogP contribution in [0, 0.1) is 6.92 Å². The average molecular weight is 294 g/mol. The minimum Gasteiger partial charge on any atom is -0.306 e. The second kappa shape index (κ2) is 6.42. The SMILES string of the molecule is Cc1cc(Cl)ccc1CN[C@@H](C)c1ccccc1Cl. The third kappa shape index (κ3) is 3.73. The van der Waals surface area contributed by atoms with Gasteiger partial charge in [0.05, 0.1) is 0 Å². The Balaban J connectivity index is 2.04. The molecule has 0 radical (unpaired) electrons. The molecule has 2 aromatic rings. The molecule has 100 valence electrons. The summed E-state index contributed by atoms with van der Waals surface area (Å²) in [5, 5.41) is 5.07. The molecular formula is C16H17Cl2N. The quantitative estimate of drug-likeness (QED) is 0.822. The van der Waals surface area contributed by atoms with Crippen molar-refractivity contribution in [3.8, 4) is 0 Å². The number of rotatable bonds is 4. The van der Waals surface area contributed by atoms with E-state index in [1.165, 1.54) is 11.1 Å². The van der Waals surface area contributed by atoms with Crippen molar-refractivity contribution in [1.82, 2.24) is 5.32 Å². The van der Waals surface area contributed by atoms with Gasteiger partial charge in [0, 0.05) is 22.6 Å². The van der Waals surface area contributed by atoms with E-state index in [2.05, 4.69) is 31.3 Å². The van der Waals surface area contributed by atoms with E-state index in [1.807, 2.05) is 30.3 Å². The summed E-state index contributed by atoms with van der Waals surface area (Å²) >= 11 is 12.2. The summed E-state index contributed by atoms with van der Waals surface area (Å²) in [5.41, 5.74) is 3.57. The smallest absolute Gasteiger partial charge is 0.0453 e. The van der Waals surface area contributed by atoms with E-state index in [9.17, 15) is 0 Å². The fraction of sp³-hybridized carbons (Fsp3) is 0.250. The Labute approximate surface area is 124 Å². The van der Waals surface area contributed by atoms with Gasteiger partial charge in [-0.3, -0.25) is 0 Å². The molecule has 0 aliphatic heterocycles. The van der Waals surface area contributed by atoms with Crippen LogP contribution < -0.4 is 5.32 Å². The van der Waals surface area contributed by atoms with Crippen molar-refractivity contribution >= 4 is 23.2 Å². The van der Waals surface area contributed by atoms with Crippen molar-refractivity contribution in [3.05, 3.63) is 69.2 Å². The lowest BCUT2D eigenvalue weighted by Gasteiger charge is -2.16. The highest BCUT2D eigenvalue weighted by molar-refractivity contribution is 6.31. The maximum Gasteiger partial charge on any atom is 0.0453 e. The summed E-state index contributed by atoms with van der Waals surface area (Å²) in [6.07, 6.45) is 0. The normalized spacial score (nSPS) is 12.4. The van der Waals surface area contributed by atoms with Crippen LogP contribution in [-0.4, -0.2) is 0 Å². The predicted octanol–water partition coefficient (Wildman–Crippen LogP) is 5.15. The summed E-state index contributed by atoms with van der Waals surface area (Å²) in [4.78, 5) is 0. The zero-order valence-corrected chi connectivity index (χ0v) is 12.6. The van der Waals surface area contributed by atoms with Crippen LogP contribution in [0.1, 0.15) is 29.7 Å². The first-order valence-corrected chi connectivity index (χ1v) is 7.06. The van der Waals surface area contributed by atoms with E-state index in [1.54, 1.807) is 0 Å². The Bertz CT molecular complexity index is 566. The average Bonchev–Trinajstić information content (AvgIpc) is 2.38. The number of nitrogens with one attached hydrogen (secondary N) is 1. The maximum absolute atomic E-state index is 6.20. The van der Waals surface area contributed by atoms with Gasteiger partial charge in [0.2, 0.25) is 0 Å². The van der Waals surface area contributed by atoms with Crippen molar-refractivity contribution < 1.29 is 0 Å². The monoisotopic (exact) mass is 293 g/mol. The largest absolute Gasteiger partial charge is 0.306 e. The molecule has 0 saturated carbocycles. The molecule has 0 spiro atoms. The van der Waals surface area contributed by atoms with E-state index in [0.29, 0.717) is 0 Å². The highest BCUT2D eigenvalue weighted by Gasteiger charge is 2.09. The van der Waals surface area contributed by atoms with Gasteiger partial charge < -0.3 is 5.32 Å². The Morgan fingerprint density at radius 3 is 2.53 bits per heavy atom. The minimum atomic E-state index is 0.212. The number of hydrogen-bond acceptors (Lipinski definition) is 1. The molecule has 1 atom stereocenters. The molecule has 1 N–H and O–H groups in total. The molecule has 19 heavy (non-hydrogen) atoms. The summed E-state index contributed by atoms with van der Waals surface area (Å²) in [7, 11) is 0. The molecule has 0 unspecified atom stereocenters. The molecule has 2 rings (SSSR count). The van der Waals surface area contributed by atoms with E-state index >= 15 is 0 Å². The Morgan fingerprint density at radius 1 is 1.11 bits per heavy atom. The lowest BCUT2D eigenvalue weighted by atomic mass is 10.1. The highest BCUT2D eigenvalue weighted by Crippen LogP contribution is 2.23. The first-order valence-electron chi connectivity index (χ1n) is 6.31. The molecule has 0 saturated heterocycles. The molecular weight excluding hydrogens is 277 g/mol. The van der Waals surface area contributed by atoms with Crippen LogP contribution in [0.25, 0.3) is 0 Å². The predicted molar refractivity (Wildman–Crippen MR) is 82.9 cm³/mol. The molecule has 0 aliphatic carbocycles. The first kappa shape index (κ1) is 14.4. The van der Waals surface area contributed by atoms with Gasteiger partial charge in [-0.05, 0) is 48.7 Å².